The second-order valence-electron chi connectivity index (χ2n) is 4.24. The summed E-state index contributed by atoms with van der Waals surface area (Å²) in [5.74, 6) is 1.57. The van der Waals surface area contributed by atoms with E-state index in [1.54, 1.807) is 6.08 Å². The molecule has 1 aliphatic heterocycles. The summed E-state index contributed by atoms with van der Waals surface area (Å²) in [5, 5.41) is 10.8. The third kappa shape index (κ3) is 1.87. The monoisotopic (exact) mass is 269 g/mol. The van der Waals surface area contributed by atoms with Gasteiger partial charge in [-0.05, 0) is 12.1 Å². The van der Waals surface area contributed by atoms with E-state index in [9.17, 15) is 10.1 Å². The topological polar surface area (TPSA) is 68.5 Å². The van der Waals surface area contributed by atoms with Crippen LogP contribution in [0.15, 0.2) is 49.2 Å². The Morgan fingerprint density at radius 2 is 2.20 bits per heavy atom. The van der Waals surface area contributed by atoms with Gasteiger partial charge in [0.2, 0.25) is 0 Å². The molecular formula is C14H11N3O3. The Hall–Kier alpha value is -2.89. The summed E-state index contributed by atoms with van der Waals surface area (Å²) in [5.41, 5.74) is 0.767. The number of rotatable bonds is 3. The molecule has 0 aliphatic carbocycles. The molecule has 6 nitrogen and oxygen atoms in total. The maximum atomic E-state index is 10.8. The molecule has 20 heavy (non-hydrogen) atoms. The lowest BCUT2D eigenvalue weighted by molar-refractivity contribution is -0.385. The number of nitro groups is 1. The first kappa shape index (κ1) is 12.2. The molecule has 6 heteroatoms. The summed E-state index contributed by atoms with van der Waals surface area (Å²) in [7, 11) is 0. The first-order chi connectivity index (χ1) is 9.70. The van der Waals surface area contributed by atoms with Crippen LogP contribution in [0.5, 0.6) is 11.5 Å². The second-order valence-corrected chi connectivity index (χ2v) is 4.24. The lowest BCUT2D eigenvalue weighted by Crippen LogP contribution is -2.22. The molecule has 1 aliphatic rings. The van der Waals surface area contributed by atoms with Crippen molar-refractivity contribution in [1.82, 2.24) is 4.98 Å². The van der Waals surface area contributed by atoms with Crippen LogP contribution in [0.3, 0.4) is 0 Å². The van der Waals surface area contributed by atoms with Crippen LogP contribution in [0.25, 0.3) is 0 Å². The van der Waals surface area contributed by atoms with Gasteiger partial charge in [-0.1, -0.05) is 18.2 Å². The number of nitrogens with zero attached hydrogens (tertiary/aromatic N) is 3. The molecule has 0 spiro atoms. The minimum atomic E-state index is -0.491. The molecule has 0 radical (unpaired) electrons. The van der Waals surface area contributed by atoms with Crippen molar-refractivity contribution in [3.8, 4) is 11.5 Å². The molecule has 1 aromatic carbocycles. The number of aromatic nitrogens is 1. The molecule has 2 heterocycles. The maximum absolute atomic E-state index is 10.8. The Balaban J connectivity index is 2.14. The highest BCUT2D eigenvalue weighted by Crippen LogP contribution is 2.45. The molecule has 0 unspecified atom stereocenters. The Bertz CT molecular complexity index is 700. The highest BCUT2D eigenvalue weighted by Gasteiger charge is 2.26. The Morgan fingerprint density at radius 1 is 1.40 bits per heavy atom. The van der Waals surface area contributed by atoms with Gasteiger partial charge < -0.3 is 9.64 Å². The van der Waals surface area contributed by atoms with Crippen LogP contribution in [-0.2, 0) is 0 Å². The predicted octanol–water partition coefficient (Wildman–Crippen LogP) is 3.42. The van der Waals surface area contributed by atoms with E-state index in [0.29, 0.717) is 23.9 Å². The number of pyridine rings is 1. The molecule has 1 aromatic heterocycles. The van der Waals surface area contributed by atoms with Crippen LogP contribution in [0.1, 0.15) is 0 Å². The van der Waals surface area contributed by atoms with E-state index in [2.05, 4.69) is 11.6 Å². The van der Waals surface area contributed by atoms with Gasteiger partial charge in [0.15, 0.2) is 17.3 Å². The maximum Gasteiger partial charge on any atom is 0.291 e. The summed E-state index contributed by atoms with van der Waals surface area (Å²) in [6.45, 7) is 4.27. The predicted molar refractivity (Wildman–Crippen MR) is 74.6 cm³/mol. The zero-order valence-electron chi connectivity index (χ0n) is 10.5. The van der Waals surface area contributed by atoms with Crippen molar-refractivity contribution >= 4 is 17.2 Å². The van der Waals surface area contributed by atoms with Crippen molar-refractivity contribution in [3.05, 3.63) is 59.3 Å². The summed E-state index contributed by atoms with van der Waals surface area (Å²) in [6, 6.07) is 8.85. The molecule has 0 N–H and O–H groups in total. The van der Waals surface area contributed by atoms with Crippen molar-refractivity contribution in [3.63, 3.8) is 0 Å². The molecule has 3 rings (SSSR count). The molecule has 2 aromatic rings. The first-order valence-electron chi connectivity index (χ1n) is 6.00. The Kier molecular flexibility index (Phi) is 2.83. The third-order valence-electron chi connectivity index (χ3n) is 2.97. The molecule has 0 amide bonds. The molecule has 0 saturated carbocycles. The summed E-state index contributed by atoms with van der Waals surface area (Å²) < 4.78 is 5.70. The zero-order valence-corrected chi connectivity index (χ0v) is 10.5. The van der Waals surface area contributed by atoms with Crippen molar-refractivity contribution in [2.24, 2.45) is 0 Å². The normalized spacial score (nSPS) is 12.1. The fourth-order valence-electron chi connectivity index (χ4n) is 2.12. The third-order valence-corrected chi connectivity index (χ3v) is 2.97. The lowest BCUT2D eigenvalue weighted by atomic mass is 10.2. The number of para-hydroxylation sites is 2. The first-order valence-corrected chi connectivity index (χ1v) is 6.00. The van der Waals surface area contributed by atoms with E-state index in [0.717, 1.165) is 5.69 Å². The van der Waals surface area contributed by atoms with Gasteiger partial charge in [0.1, 0.15) is 6.20 Å². The summed E-state index contributed by atoms with van der Waals surface area (Å²) >= 11 is 0. The molecule has 0 saturated heterocycles. The standard InChI is InChI=1S/C14H11N3O3/c1-2-7-16-11-5-3-4-6-12(11)20-13-8-10(17(18)19)9-15-14(13)16/h2-6,8-9H,1,7H2. The van der Waals surface area contributed by atoms with Crippen LogP contribution in [0.2, 0.25) is 0 Å². The van der Waals surface area contributed by atoms with Gasteiger partial charge in [0, 0.05) is 6.54 Å². The largest absolute Gasteiger partial charge is 0.451 e. The van der Waals surface area contributed by atoms with E-state index >= 15 is 0 Å². The average Bonchev–Trinajstić information content (AvgIpc) is 2.46. The number of anilines is 2. The van der Waals surface area contributed by atoms with Gasteiger partial charge >= 0.3 is 0 Å². The molecule has 0 fully saturated rings. The SMILES string of the molecule is C=CCN1c2ccccc2Oc2cc([N+](=O)[O-])cnc21. The van der Waals surface area contributed by atoms with E-state index < -0.39 is 4.92 Å². The minimum absolute atomic E-state index is 0.0957. The van der Waals surface area contributed by atoms with Gasteiger partial charge in [0.05, 0.1) is 16.7 Å². The van der Waals surface area contributed by atoms with Crippen molar-refractivity contribution in [2.45, 2.75) is 0 Å². The van der Waals surface area contributed by atoms with Crippen molar-refractivity contribution in [2.75, 3.05) is 11.4 Å². The van der Waals surface area contributed by atoms with Crippen LogP contribution in [0.4, 0.5) is 17.2 Å². The van der Waals surface area contributed by atoms with Crippen LogP contribution < -0.4 is 9.64 Å². The highest BCUT2D eigenvalue weighted by molar-refractivity contribution is 5.76. The van der Waals surface area contributed by atoms with E-state index in [1.807, 2.05) is 29.2 Å². The molecule has 0 bridgehead atoms. The number of hydrogen-bond acceptors (Lipinski definition) is 5. The lowest BCUT2D eigenvalue weighted by Gasteiger charge is -2.30. The Morgan fingerprint density at radius 3 is 2.95 bits per heavy atom. The van der Waals surface area contributed by atoms with Crippen LogP contribution in [-0.4, -0.2) is 16.5 Å². The van der Waals surface area contributed by atoms with E-state index in [1.165, 1.54) is 12.3 Å². The van der Waals surface area contributed by atoms with Gasteiger partial charge in [-0.15, -0.1) is 6.58 Å². The zero-order chi connectivity index (χ0) is 14.1. The van der Waals surface area contributed by atoms with Crippen molar-refractivity contribution < 1.29 is 9.66 Å². The van der Waals surface area contributed by atoms with Gasteiger partial charge in [0.25, 0.3) is 5.69 Å². The second kappa shape index (κ2) is 4.65. The summed E-state index contributed by atoms with van der Waals surface area (Å²) in [6.07, 6.45) is 2.97. The fraction of sp³-hybridized carbons (Fsp3) is 0.0714. The van der Waals surface area contributed by atoms with E-state index in [4.69, 9.17) is 4.74 Å². The summed E-state index contributed by atoms with van der Waals surface area (Å²) in [4.78, 5) is 16.4. The van der Waals surface area contributed by atoms with E-state index in [-0.39, 0.29) is 5.69 Å². The smallest absolute Gasteiger partial charge is 0.291 e. The van der Waals surface area contributed by atoms with Gasteiger partial charge in [-0.25, -0.2) is 4.98 Å². The number of hydrogen-bond donors (Lipinski definition) is 0. The number of benzene rings is 1. The van der Waals surface area contributed by atoms with Crippen LogP contribution >= 0.6 is 0 Å². The molecular weight excluding hydrogens is 258 g/mol. The van der Waals surface area contributed by atoms with Crippen LogP contribution in [0, 0.1) is 10.1 Å². The molecule has 0 atom stereocenters. The highest BCUT2D eigenvalue weighted by atomic mass is 16.6. The Labute approximate surface area is 115 Å². The number of fused-ring (bicyclic) bond motifs is 2. The average molecular weight is 269 g/mol. The van der Waals surface area contributed by atoms with Gasteiger partial charge in [-0.3, -0.25) is 10.1 Å². The quantitative estimate of drug-likeness (QED) is 0.485. The molecule has 100 valence electrons. The van der Waals surface area contributed by atoms with Gasteiger partial charge in [-0.2, -0.15) is 0 Å². The fourth-order valence-corrected chi connectivity index (χ4v) is 2.12. The minimum Gasteiger partial charge on any atom is -0.451 e. The van der Waals surface area contributed by atoms with Crippen molar-refractivity contribution in [1.29, 1.82) is 0 Å². The number of ether oxygens (including phenoxy) is 1.